The summed E-state index contributed by atoms with van der Waals surface area (Å²) in [6, 6.07) is 6.16. The summed E-state index contributed by atoms with van der Waals surface area (Å²) in [6.45, 7) is 1.10. The third-order valence-electron chi connectivity index (χ3n) is 4.17. The maximum absolute atomic E-state index is 12.8. The van der Waals surface area contributed by atoms with Crippen LogP contribution in [0.15, 0.2) is 24.3 Å². The van der Waals surface area contributed by atoms with Crippen molar-refractivity contribution in [3.8, 4) is 0 Å². The van der Waals surface area contributed by atoms with Gasteiger partial charge in [0.05, 0.1) is 5.92 Å². The zero-order chi connectivity index (χ0) is 17.7. The molecule has 0 radical (unpaired) electrons. The summed E-state index contributed by atoms with van der Waals surface area (Å²) < 4.78 is 39.7. The summed E-state index contributed by atoms with van der Waals surface area (Å²) in [5, 5.41) is 2.85. The fourth-order valence-electron chi connectivity index (χ4n) is 2.72. The highest BCUT2D eigenvalue weighted by Crippen LogP contribution is 2.20. The predicted octanol–water partition coefficient (Wildman–Crippen LogP) is 1.00. The average Bonchev–Trinajstić information content (AvgIpc) is 2.56. The van der Waals surface area contributed by atoms with E-state index in [1.807, 2.05) is 0 Å². The van der Waals surface area contributed by atoms with Crippen molar-refractivity contribution in [3.63, 3.8) is 0 Å². The number of carbonyl (C=O) groups excluding carboxylic acids is 1. The molecular formula is C16H24FN3O3S. The summed E-state index contributed by atoms with van der Waals surface area (Å²) in [4.78, 5) is 12.3. The predicted molar refractivity (Wildman–Crippen MR) is 90.0 cm³/mol. The maximum atomic E-state index is 12.8. The molecule has 8 heteroatoms. The number of nitrogens with zero attached hydrogens (tertiary/aromatic N) is 2. The van der Waals surface area contributed by atoms with Crippen molar-refractivity contribution >= 4 is 16.1 Å². The van der Waals surface area contributed by atoms with Crippen molar-refractivity contribution in [2.24, 2.45) is 5.92 Å². The molecule has 1 aliphatic heterocycles. The molecule has 0 spiro atoms. The summed E-state index contributed by atoms with van der Waals surface area (Å²) in [5.41, 5.74) is 0.942. The van der Waals surface area contributed by atoms with Gasteiger partial charge in [0.1, 0.15) is 5.82 Å². The largest absolute Gasteiger partial charge is 0.355 e. The fraction of sp³-hybridized carbons (Fsp3) is 0.562. The third kappa shape index (κ3) is 4.75. The van der Waals surface area contributed by atoms with Crippen molar-refractivity contribution < 1.29 is 17.6 Å². The Kier molecular flexibility index (Phi) is 6.31. The first-order valence-electron chi connectivity index (χ1n) is 8.00. The molecule has 1 aromatic rings. The van der Waals surface area contributed by atoms with Crippen LogP contribution >= 0.6 is 0 Å². The Morgan fingerprint density at radius 2 is 2.00 bits per heavy atom. The molecule has 0 saturated carbocycles. The van der Waals surface area contributed by atoms with Crippen LogP contribution in [0.3, 0.4) is 0 Å². The van der Waals surface area contributed by atoms with Crippen LogP contribution in [-0.2, 0) is 21.4 Å². The Balaban J connectivity index is 1.84. The van der Waals surface area contributed by atoms with Gasteiger partial charge in [-0.05, 0) is 37.0 Å². The van der Waals surface area contributed by atoms with Crippen LogP contribution < -0.4 is 5.32 Å². The molecule has 1 unspecified atom stereocenters. The average molecular weight is 357 g/mol. The second kappa shape index (κ2) is 8.04. The van der Waals surface area contributed by atoms with Crippen LogP contribution in [0, 0.1) is 11.7 Å². The molecule has 1 amide bonds. The van der Waals surface area contributed by atoms with E-state index in [4.69, 9.17) is 0 Å². The van der Waals surface area contributed by atoms with Crippen molar-refractivity contribution in [1.82, 2.24) is 13.9 Å². The fourth-order valence-corrected chi connectivity index (χ4v) is 3.91. The second-order valence-electron chi connectivity index (χ2n) is 6.15. The third-order valence-corrected chi connectivity index (χ3v) is 6.08. The van der Waals surface area contributed by atoms with Crippen molar-refractivity contribution in [2.45, 2.75) is 19.3 Å². The lowest BCUT2D eigenvalue weighted by molar-refractivity contribution is -0.126. The minimum Gasteiger partial charge on any atom is -0.355 e. The van der Waals surface area contributed by atoms with E-state index in [9.17, 15) is 17.6 Å². The Bertz CT molecular complexity index is 662. The van der Waals surface area contributed by atoms with Gasteiger partial charge in [-0.3, -0.25) is 4.79 Å². The van der Waals surface area contributed by atoms with Crippen LogP contribution in [0.25, 0.3) is 0 Å². The number of amides is 1. The summed E-state index contributed by atoms with van der Waals surface area (Å²) in [5.74, 6) is -0.746. The van der Waals surface area contributed by atoms with Gasteiger partial charge in [-0.1, -0.05) is 12.1 Å². The molecule has 134 valence electrons. The minimum atomic E-state index is -3.48. The summed E-state index contributed by atoms with van der Waals surface area (Å²) >= 11 is 0. The molecule has 0 bridgehead atoms. The van der Waals surface area contributed by atoms with Crippen molar-refractivity contribution in [2.75, 3.05) is 33.7 Å². The van der Waals surface area contributed by atoms with E-state index in [0.29, 0.717) is 32.4 Å². The molecule has 0 aromatic heterocycles. The Morgan fingerprint density at radius 3 is 2.62 bits per heavy atom. The molecule has 1 aliphatic rings. The normalized spacial score (nSPS) is 19.4. The van der Waals surface area contributed by atoms with Crippen LogP contribution in [0.1, 0.15) is 18.4 Å². The second-order valence-corrected chi connectivity index (χ2v) is 8.30. The monoisotopic (exact) mass is 357 g/mol. The van der Waals surface area contributed by atoms with E-state index in [-0.39, 0.29) is 24.2 Å². The lowest BCUT2D eigenvalue weighted by Crippen LogP contribution is -2.49. The SMILES string of the molecule is CN(C)S(=O)(=O)N1CCCC(C(=O)NCCc2ccc(F)cc2)C1. The molecule has 1 aromatic carbocycles. The van der Waals surface area contributed by atoms with Crippen LogP contribution in [0.2, 0.25) is 0 Å². The van der Waals surface area contributed by atoms with Gasteiger partial charge in [-0.2, -0.15) is 17.0 Å². The van der Waals surface area contributed by atoms with E-state index in [1.54, 1.807) is 12.1 Å². The molecule has 1 heterocycles. The van der Waals surface area contributed by atoms with Gasteiger partial charge in [0.2, 0.25) is 5.91 Å². The highest BCUT2D eigenvalue weighted by atomic mass is 32.2. The highest BCUT2D eigenvalue weighted by molar-refractivity contribution is 7.86. The Morgan fingerprint density at radius 1 is 1.33 bits per heavy atom. The molecule has 24 heavy (non-hydrogen) atoms. The lowest BCUT2D eigenvalue weighted by Gasteiger charge is -2.32. The van der Waals surface area contributed by atoms with Gasteiger partial charge in [0, 0.05) is 33.7 Å². The number of hydrogen-bond donors (Lipinski definition) is 1. The number of nitrogens with one attached hydrogen (secondary N) is 1. The van der Waals surface area contributed by atoms with Crippen LogP contribution in [0.4, 0.5) is 4.39 Å². The molecule has 2 rings (SSSR count). The first kappa shape index (κ1) is 18.8. The highest BCUT2D eigenvalue weighted by Gasteiger charge is 2.33. The number of piperidine rings is 1. The van der Waals surface area contributed by atoms with Gasteiger partial charge >= 0.3 is 0 Å². The maximum Gasteiger partial charge on any atom is 0.281 e. The van der Waals surface area contributed by atoms with E-state index in [0.717, 1.165) is 5.56 Å². The smallest absolute Gasteiger partial charge is 0.281 e. The van der Waals surface area contributed by atoms with Crippen molar-refractivity contribution in [1.29, 1.82) is 0 Å². The van der Waals surface area contributed by atoms with Gasteiger partial charge in [0.25, 0.3) is 10.2 Å². The van der Waals surface area contributed by atoms with E-state index >= 15 is 0 Å². The minimum absolute atomic E-state index is 0.129. The van der Waals surface area contributed by atoms with Gasteiger partial charge in [-0.15, -0.1) is 0 Å². The molecule has 1 fully saturated rings. The Hall–Kier alpha value is -1.51. The van der Waals surface area contributed by atoms with E-state index in [1.165, 1.54) is 34.8 Å². The number of rotatable bonds is 6. The quantitative estimate of drug-likeness (QED) is 0.826. The summed E-state index contributed by atoms with van der Waals surface area (Å²) in [7, 11) is -0.507. The Labute approximate surface area is 142 Å². The van der Waals surface area contributed by atoms with Gasteiger partial charge in [-0.25, -0.2) is 4.39 Å². The lowest BCUT2D eigenvalue weighted by atomic mass is 9.99. The van der Waals surface area contributed by atoms with Gasteiger partial charge in [0.15, 0.2) is 0 Å². The molecular weight excluding hydrogens is 333 g/mol. The molecule has 1 atom stereocenters. The van der Waals surface area contributed by atoms with Crippen LogP contribution in [0.5, 0.6) is 0 Å². The van der Waals surface area contributed by atoms with Gasteiger partial charge < -0.3 is 5.32 Å². The first-order chi connectivity index (χ1) is 11.3. The van der Waals surface area contributed by atoms with E-state index < -0.39 is 10.2 Å². The number of benzene rings is 1. The van der Waals surface area contributed by atoms with E-state index in [2.05, 4.69) is 5.32 Å². The molecule has 6 nitrogen and oxygen atoms in total. The van der Waals surface area contributed by atoms with Crippen molar-refractivity contribution in [3.05, 3.63) is 35.6 Å². The zero-order valence-corrected chi connectivity index (χ0v) is 14.9. The molecule has 1 saturated heterocycles. The topological polar surface area (TPSA) is 69.7 Å². The molecule has 0 aliphatic carbocycles. The number of hydrogen-bond acceptors (Lipinski definition) is 3. The number of halogens is 1. The summed E-state index contributed by atoms with van der Waals surface area (Å²) in [6.07, 6.45) is 1.96. The molecule has 1 N–H and O–H groups in total. The zero-order valence-electron chi connectivity index (χ0n) is 14.0. The van der Waals surface area contributed by atoms with Crippen LogP contribution in [-0.4, -0.2) is 56.7 Å². The standard InChI is InChI=1S/C16H24FN3O3S/c1-19(2)24(22,23)20-11-3-4-14(12-20)16(21)18-10-9-13-5-7-15(17)8-6-13/h5-8,14H,3-4,9-12H2,1-2H3,(H,18,21). The first-order valence-corrected chi connectivity index (χ1v) is 9.40. The number of carbonyl (C=O) groups is 1.